The first kappa shape index (κ1) is 12.6. The van der Waals surface area contributed by atoms with Gasteiger partial charge in [-0.25, -0.2) is 0 Å². The van der Waals surface area contributed by atoms with Crippen molar-refractivity contribution in [3.8, 4) is 0 Å². The molecule has 94 valence electrons. The summed E-state index contributed by atoms with van der Waals surface area (Å²) in [5.41, 5.74) is 1.89. The highest BCUT2D eigenvalue weighted by Crippen LogP contribution is 2.29. The number of hydrogen-bond acceptors (Lipinski definition) is 1. The molecule has 0 amide bonds. The van der Waals surface area contributed by atoms with E-state index in [9.17, 15) is 5.11 Å². The van der Waals surface area contributed by atoms with Gasteiger partial charge in [0.25, 0.3) is 0 Å². The van der Waals surface area contributed by atoms with Crippen molar-refractivity contribution in [1.82, 2.24) is 0 Å². The molecular formula is C17H13IO. The number of benzene rings is 3. The van der Waals surface area contributed by atoms with Crippen LogP contribution in [0, 0.1) is 3.57 Å². The molecule has 0 aliphatic rings. The fourth-order valence-electron chi connectivity index (χ4n) is 2.35. The van der Waals surface area contributed by atoms with Gasteiger partial charge < -0.3 is 5.11 Å². The summed E-state index contributed by atoms with van der Waals surface area (Å²) >= 11 is 2.27. The van der Waals surface area contributed by atoms with E-state index in [1.54, 1.807) is 0 Å². The maximum Gasteiger partial charge on any atom is 0.105 e. The third-order valence-corrected chi connectivity index (χ3v) is 3.95. The molecule has 1 unspecified atom stereocenters. The zero-order chi connectivity index (χ0) is 13.2. The first-order valence-electron chi connectivity index (χ1n) is 6.17. The molecule has 19 heavy (non-hydrogen) atoms. The fraction of sp³-hybridized carbons (Fsp3) is 0.0588. The molecule has 1 N–H and O–H groups in total. The summed E-state index contributed by atoms with van der Waals surface area (Å²) < 4.78 is 1.13. The van der Waals surface area contributed by atoms with Gasteiger partial charge in [0.1, 0.15) is 6.10 Å². The molecule has 0 bridgehead atoms. The van der Waals surface area contributed by atoms with Crippen LogP contribution in [0.25, 0.3) is 10.8 Å². The van der Waals surface area contributed by atoms with E-state index in [0.29, 0.717) is 0 Å². The zero-order valence-corrected chi connectivity index (χ0v) is 12.4. The predicted octanol–water partition coefficient (Wildman–Crippen LogP) is 4.53. The van der Waals surface area contributed by atoms with E-state index in [1.807, 2.05) is 48.5 Å². The van der Waals surface area contributed by atoms with Crippen molar-refractivity contribution in [2.75, 3.05) is 0 Å². The van der Waals surface area contributed by atoms with Crippen LogP contribution in [0.2, 0.25) is 0 Å². The van der Waals surface area contributed by atoms with E-state index in [1.165, 1.54) is 0 Å². The van der Waals surface area contributed by atoms with Gasteiger partial charge in [-0.2, -0.15) is 0 Å². The second kappa shape index (κ2) is 5.31. The molecular weight excluding hydrogens is 347 g/mol. The van der Waals surface area contributed by atoms with Crippen LogP contribution in [0.3, 0.4) is 0 Å². The van der Waals surface area contributed by atoms with E-state index in [2.05, 4.69) is 40.8 Å². The summed E-state index contributed by atoms with van der Waals surface area (Å²) in [4.78, 5) is 0. The topological polar surface area (TPSA) is 20.2 Å². The minimum atomic E-state index is -0.583. The molecule has 2 heteroatoms. The highest BCUT2D eigenvalue weighted by molar-refractivity contribution is 14.1. The zero-order valence-electron chi connectivity index (χ0n) is 10.3. The maximum absolute atomic E-state index is 10.6. The van der Waals surface area contributed by atoms with Crippen molar-refractivity contribution < 1.29 is 5.11 Å². The van der Waals surface area contributed by atoms with Crippen LogP contribution >= 0.6 is 22.6 Å². The van der Waals surface area contributed by atoms with Crippen molar-refractivity contribution in [2.45, 2.75) is 6.10 Å². The van der Waals surface area contributed by atoms with Gasteiger partial charge in [0.05, 0.1) is 0 Å². The highest BCUT2D eigenvalue weighted by Gasteiger charge is 2.13. The minimum Gasteiger partial charge on any atom is -0.384 e. The summed E-state index contributed by atoms with van der Waals surface area (Å²) in [6.45, 7) is 0. The normalized spacial score (nSPS) is 12.5. The van der Waals surface area contributed by atoms with E-state index in [4.69, 9.17) is 0 Å². The Hall–Kier alpha value is -1.39. The Morgan fingerprint density at radius 2 is 1.58 bits per heavy atom. The van der Waals surface area contributed by atoms with Gasteiger partial charge in [0.15, 0.2) is 0 Å². The third-order valence-electron chi connectivity index (χ3n) is 3.28. The SMILES string of the molecule is OC(c1cccc(I)c1)c1cccc2ccccc12. The number of aliphatic hydroxyl groups is 1. The monoisotopic (exact) mass is 360 g/mol. The summed E-state index contributed by atoms with van der Waals surface area (Å²) in [6, 6.07) is 22.2. The van der Waals surface area contributed by atoms with Gasteiger partial charge in [-0.15, -0.1) is 0 Å². The second-order valence-corrected chi connectivity index (χ2v) is 5.77. The Balaban J connectivity index is 2.14. The molecule has 0 aromatic heterocycles. The third kappa shape index (κ3) is 2.51. The van der Waals surface area contributed by atoms with Crippen molar-refractivity contribution >= 4 is 33.4 Å². The number of hydrogen-bond donors (Lipinski definition) is 1. The molecule has 0 radical (unpaired) electrons. The lowest BCUT2D eigenvalue weighted by Gasteiger charge is -2.14. The van der Waals surface area contributed by atoms with Crippen molar-refractivity contribution in [3.63, 3.8) is 0 Å². The Labute approximate surface area is 126 Å². The van der Waals surface area contributed by atoms with Crippen molar-refractivity contribution in [2.24, 2.45) is 0 Å². The van der Waals surface area contributed by atoms with Crippen LogP contribution in [0.1, 0.15) is 17.2 Å². The summed E-state index contributed by atoms with van der Waals surface area (Å²) in [6.07, 6.45) is -0.583. The Morgan fingerprint density at radius 1 is 0.842 bits per heavy atom. The predicted molar refractivity (Wildman–Crippen MR) is 87.2 cm³/mol. The lowest BCUT2D eigenvalue weighted by atomic mass is 9.96. The minimum absolute atomic E-state index is 0.583. The van der Waals surface area contributed by atoms with Crippen LogP contribution in [0.4, 0.5) is 0 Å². The summed E-state index contributed by atoms with van der Waals surface area (Å²) in [5.74, 6) is 0. The number of halogens is 1. The molecule has 3 aromatic carbocycles. The van der Waals surface area contributed by atoms with Gasteiger partial charge in [-0.1, -0.05) is 54.6 Å². The molecule has 0 saturated carbocycles. The van der Waals surface area contributed by atoms with Crippen LogP contribution in [0.15, 0.2) is 66.7 Å². The first-order chi connectivity index (χ1) is 9.25. The average molecular weight is 360 g/mol. The molecule has 0 saturated heterocycles. The molecule has 1 nitrogen and oxygen atoms in total. The standard InChI is InChI=1S/C17H13IO/c18-14-8-3-7-13(11-14)17(19)16-10-4-6-12-5-1-2-9-15(12)16/h1-11,17,19H. The van der Waals surface area contributed by atoms with Gasteiger partial charge in [-0.3, -0.25) is 0 Å². The van der Waals surface area contributed by atoms with Crippen LogP contribution in [-0.4, -0.2) is 5.11 Å². The second-order valence-electron chi connectivity index (χ2n) is 4.53. The number of fused-ring (bicyclic) bond motifs is 1. The van der Waals surface area contributed by atoms with Gasteiger partial charge in [0, 0.05) is 3.57 Å². The quantitative estimate of drug-likeness (QED) is 0.666. The molecule has 0 heterocycles. The fourth-order valence-corrected chi connectivity index (χ4v) is 2.91. The van der Waals surface area contributed by atoms with Crippen LogP contribution in [-0.2, 0) is 0 Å². The van der Waals surface area contributed by atoms with Crippen molar-refractivity contribution in [3.05, 3.63) is 81.4 Å². The van der Waals surface area contributed by atoms with Gasteiger partial charge in [0.2, 0.25) is 0 Å². The number of aliphatic hydroxyl groups excluding tert-OH is 1. The maximum atomic E-state index is 10.6. The molecule has 0 fully saturated rings. The molecule has 3 aromatic rings. The Bertz CT molecular complexity index is 716. The molecule has 3 rings (SSSR count). The van der Waals surface area contributed by atoms with E-state index < -0.39 is 6.10 Å². The Kier molecular flexibility index (Phi) is 3.53. The highest BCUT2D eigenvalue weighted by atomic mass is 127. The van der Waals surface area contributed by atoms with Gasteiger partial charge >= 0.3 is 0 Å². The van der Waals surface area contributed by atoms with Crippen LogP contribution in [0.5, 0.6) is 0 Å². The van der Waals surface area contributed by atoms with E-state index in [-0.39, 0.29) is 0 Å². The molecule has 0 spiro atoms. The first-order valence-corrected chi connectivity index (χ1v) is 7.25. The largest absolute Gasteiger partial charge is 0.384 e. The lowest BCUT2D eigenvalue weighted by Crippen LogP contribution is -2.00. The average Bonchev–Trinajstić information content (AvgIpc) is 2.46. The van der Waals surface area contributed by atoms with E-state index >= 15 is 0 Å². The van der Waals surface area contributed by atoms with Gasteiger partial charge in [-0.05, 0) is 56.6 Å². The Morgan fingerprint density at radius 3 is 2.42 bits per heavy atom. The van der Waals surface area contributed by atoms with Crippen LogP contribution < -0.4 is 0 Å². The van der Waals surface area contributed by atoms with E-state index in [0.717, 1.165) is 25.5 Å². The molecule has 1 atom stereocenters. The van der Waals surface area contributed by atoms with Crippen molar-refractivity contribution in [1.29, 1.82) is 0 Å². The summed E-state index contributed by atoms with van der Waals surface area (Å²) in [5, 5.41) is 12.9. The summed E-state index contributed by atoms with van der Waals surface area (Å²) in [7, 11) is 0. The molecule has 0 aliphatic heterocycles. The number of rotatable bonds is 2. The lowest BCUT2D eigenvalue weighted by molar-refractivity contribution is 0.222. The smallest absolute Gasteiger partial charge is 0.105 e. The molecule has 0 aliphatic carbocycles.